The van der Waals surface area contributed by atoms with Crippen LogP contribution < -0.4 is 5.32 Å². The summed E-state index contributed by atoms with van der Waals surface area (Å²) in [5.41, 5.74) is 1.08. The fraction of sp³-hybridized carbons (Fsp3) is 0.111. The van der Waals surface area contributed by atoms with Gasteiger partial charge in [-0.05, 0) is 36.4 Å². The van der Waals surface area contributed by atoms with Crippen molar-refractivity contribution in [3.8, 4) is 11.3 Å². The van der Waals surface area contributed by atoms with Crippen molar-refractivity contribution >= 4 is 34.8 Å². The van der Waals surface area contributed by atoms with Gasteiger partial charge in [0.25, 0.3) is 0 Å². The first-order chi connectivity index (χ1) is 12.0. The molecule has 1 heterocycles. The van der Waals surface area contributed by atoms with Gasteiger partial charge >= 0.3 is 0 Å². The van der Waals surface area contributed by atoms with Gasteiger partial charge in [-0.3, -0.25) is 4.79 Å². The molecule has 0 aliphatic carbocycles. The Kier molecular flexibility index (Phi) is 5.36. The van der Waals surface area contributed by atoms with Crippen LogP contribution in [0.25, 0.3) is 11.3 Å². The number of amides is 1. The standard InChI is InChI=1S/C18H13Cl2FN2O2/c19-11-4-5-14(15(20)8-11)16-10-22-18(25-16)7-6-17(24)23-13-3-1-2-12(21)9-13/h1-5,8-10H,6-7H2,(H,23,24). The normalized spacial score (nSPS) is 10.7. The minimum absolute atomic E-state index is 0.158. The highest BCUT2D eigenvalue weighted by molar-refractivity contribution is 6.36. The number of nitrogens with one attached hydrogen (secondary N) is 1. The van der Waals surface area contributed by atoms with Crippen molar-refractivity contribution in [2.45, 2.75) is 12.8 Å². The van der Waals surface area contributed by atoms with Crippen LogP contribution in [0.2, 0.25) is 10.0 Å². The molecule has 25 heavy (non-hydrogen) atoms. The first kappa shape index (κ1) is 17.5. The number of benzene rings is 2. The number of anilines is 1. The van der Waals surface area contributed by atoms with E-state index in [1.807, 2.05) is 0 Å². The molecule has 0 spiro atoms. The molecule has 1 aromatic heterocycles. The van der Waals surface area contributed by atoms with Crippen molar-refractivity contribution in [1.82, 2.24) is 4.98 Å². The van der Waals surface area contributed by atoms with E-state index >= 15 is 0 Å². The fourth-order valence-electron chi connectivity index (χ4n) is 2.25. The second-order valence-corrected chi connectivity index (χ2v) is 6.14. The maximum absolute atomic E-state index is 13.1. The smallest absolute Gasteiger partial charge is 0.224 e. The third kappa shape index (κ3) is 4.59. The largest absolute Gasteiger partial charge is 0.441 e. The van der Waals surface area contributed by atoms with E-state index in [-0.39, 0.29) is 12.3 Å². The molecule has 0 radical (unpaired) electrons. The molecule has 3 rings (SSSR count). The number of hydrogen-bond acceptors (Lipinski definition) is 3. The predicted octanol–water partition coefficient (Wildman–Crippen LogP) is 5.36. The molecule has 0 aliphatic heterocycles. The summed E-state index contributed by atoms with van der Waals surface area (Å²) in [4.78, 5) is 16.1. The van der Waals surface area contributed by atoms with Gasteiger partial charge in [-0.15, -0.1) is 0 Å². The lowest BCUT2D eigenvalue weighted by molar-refractivity contribution is -0.116. The topological polar surface area (TPSA) is 55.1 Å². The van der Waals surface area contributed by atoms with Gasteiger partial charge < -0.3 is 9.73 Å². The molecule has 0 saturated heterocycles. The number of carbonyl (C=O) groups excluding carboxylic acids is 1. The Hall–Kier alpha value is -2.37. The van der Waals surface area contributed by atoms with Gasteiger partial charge in [0.1, 0.15) is 5.82 Å². The number of rotatable bonds is 5. The van der Waals surface area contributed by atoms with Crippen molar-refractivity contribution in [3.05, 3.63) is 70.4 Å². The van der Waals surface area contributed by atoms with E-state index in [2.05, 4.69) is 10.3 Å². The van der Waals surface area contributed by atoms with Crippen LogP contribution in [0.3, 0.4) is 0 Å². The SMILES string of the molecule is O=C(CCc1ncc(-c2ccc(Cl)cc2Cl)o1)Nc1cccc(F)c1. The summed E-state index contributed by atoms with van der Waals surface area (Å²) >= 11 is 12.0. The Morgan fingerprint density at radius 1 is 1.20 bits per heavy atom. The van der Waals surface area contributed by atoms with Crippen LogP contribution in [-0.2, 0) is 11.2 Å². The lowest BCUT2D eigenvalue weighted by Gasteiger charge is -2.04. The summed E-state index contributed by atoms with van der Waals surface area (Å²) in [6.07, 6.45) is 2.02. The first-order valence-electron chi connectivity index (χ1n) is 7.47. The van der Waals surface area contributed by atoms with E-state index in [1.54, 1.807) is 30.5 Å². The lowest BCUT2D eigenvalue weighted by atomic mass is 10.2. The van der Waals surface area contributed by atoms with E-state index in [9.17, 15) is 9.18 Å². The van der Waals surface area contributed by atoms with Gasteiger partial charge in [0.2, 0.25) is 5.91 Å². The fourth-order valence-corrected chi connectivity index (χ4v) is 2.75. The lowest BCUT2D eigenvalue weighted by Crippen LogP contribution is -2.12. The molecule has 0 fully saturated rings. The van der Waals surface area contributed by atoms with Crippen LogP contribution >= 0.6 is 23.2 Å². The third-order valence-electron chi connectivity index (χ3n) is 3.42. The van der Waals surface area contributed by atoms with E-state index < -0.39 is 5.82 Å². The van der Waals surface area contributed by atoms with Crippen molar-refractivity contribution in [2.75, 3.05) is 5.32 Å². The highest BCUT2D eigenvalue weighted by Gasteiger charge is 2.12. The Balaban J connectivity index is 1.61. The maximum Gasteiger partial charge on any atom is 0.224 e. The minimum Gasteiger partial charge on any atom is -0.441 e. The summed E-state index contributed by atoms with van der Waals surface area (Å²) in [6.45, 7) is 0. The van der Waals surface area contributed by atoms with Gasteiger partial charge in [0, 0.05) is 29.1 Å². The quantitative estimate of drug-likeness (QED) is 0.650. The van der Waals surface area contributed by atoms with E-state index in [4.69, 9.17) is 27.6 Å². The molecule has 3 aromatic rings. The number of halogens is 3. The Bertz CT molecular complexity index is 912. The van der Waals surface area contributed by atoms with Gasteiger partial charge in [-0.25, -0.2) is 9.37 Å². The van der Waals surface area contributed by atoms with E-state index in [0.717, 1.165) is 0 Å². The highest BCUT2D eigenvalue weighted by atomic mass is 35.5. The Morgan fingerprint density at radius 3 is 2.80 bits per heavy atom. The molecule has 0 unspecified atom stereocenters. The van der Waals surface area contributed by atoms with Crippen LogP contribution in [0.15, 0.2) is 53.1 Å². The zero-order valence-electron chi connectivity index (χ0n) is 12.9. The first-order valence-corrected chi connectivity index (χ1v) is 8.22. The second kappa shape index (κ2) is 7.68. The molecular formula is C18H13Cl2FN2O2. The van der Waals surface area contributed by atoms with E-state index in [0.29, 0.717) is 39.4 Å². The molecule has 2 aromatic carbocycles. The molecule has 128 valence electrons. The average Bonchev–Trinajstić information content (AvgIpc) is 3.01. The number of aromatic nitrogens is 1. The Labute approximate surface area is 153 Å². The molecule has 0 atom stereocenters. The molecule has 0 bridgehead atoms. The van der Waals surface area contributed by atoms with Crippen molar-refractivity contribution in [2.24, 2.45) is 0 Å². The predicted molar refractivity (Wildman–Crippen MR) is 95.3 cm³/mol. The molecule has 4 nitrogen and oxygen atoms in total. The molecule has 1 N–H and O–H groups in total. The average molecular weight is 379 g/mol. The number of aryl methyl sites for hydroxylation is 1. The zero-order chi connectivity index (χ0) is 17.8. The van der Waals surface area contributed by atoms with Crippen LogP contribution in [0, 0.1) is 5.82 Å². The number of nitrogens with zero attached hydrogens (tertiary/aromatic N) is 1. The van der Waals surface area contributed by atoms with E-state index in [1.165, 1.54) is 18.2 Å². The summed E-state index contributed by atoms with van der Waals surface area (Å²) in [5, 5.41) is 3.61. The zero-order valence-corrected chi connectivity index (χ0v) is 14.4. The van der Waals surface area contributed by atoms with Gasteiger partial charge in [0.05, 0.1) is 11.2 Å². The van der Waals surface area contributed by atoms with Crippen molar-refractivity contribution in [1.29, 1.82) is 0 Å². The van der Waals surface area contributed by atoms with Gasteiger partial charge in [-0.2, -0.15) is 0 Å². The van der Waals surface area contributed by atoms with Crippen LogP contribution in [-0.4, -0.2) is 10.9 Å². The number of carbonyl (C=O) groups is 1. The third-order valence-corrected chi connectivity index (χ3v) is 3.97. The minimum atomic E-state index is -0.407. The second-order valence-electron chi connectivity index (χ2n) is 5.30. The summed E-state index contributed by atoms with van der Waals surface area (Å²) < 4.78 is 18.7. The molecule has 7 heteroatoms. The van der Waals surface area contributed by atoms with Crippen molar-refractivity contribution in [3.63, 3.8) is 0 Å². The van der Waals surface area contributed by atoms with Gasteiger partial charge in [-0.1, -0.05) is 29.3 Å². The highest BCUT2D eigenvalue weighted by Crippen LogP contribution is 2.30. The monoisotopic (exact) mass is 378 g/mol. The maximum atomic E-state index is 13.1. The molecule has 1 amide bonds. The summed E-state index contributed by atoms with van der Waals surface area (Å²) in [5.74, 6) is 0.252. The van der Waals surface area contributed by atoms with Crippen LogP contribution in [0.1, 0.15) is 12.3 Å². The Morgan fingerprint density at radius 2 is 2.04 bits per heavy atom. The van der Waals surface area contributed by atoms with Crippen LogP contribution in [0.5, 0.6) is 0 Å². The number of hydrogen-bond donors (Lipinski definition) is 1. The summed E-state index contributed by atoms with van der Waals surface area (Å²) in [7, 11) is 0. The molecule has 0 aliphatic rings. The van der Waals surface area contributed by atoms with Crippen LogP contribution in [0.4, 0.5) is 10.1 Å². The van der Waals surface area contributed by atoms with Gasteiger partial charge in [0.15, 0.2) is 11.7 Å². The molecule has 0 saturated carbocycles. The molecular weight excluding hydrogens is 366 g/mol. The van der Waals surface area contributed by atoms with Crippen molar-refractivity contribution < 1.29 is 13.6 Å². The summed E-state index contributed by atoms with van der Waals surface area (Å²) in [6, 6.07) is 10.8. The number of oxazole rings is 1.